The Labute approximate surface area is 122 Å². The predicted octanol–water partition coefficient (Wildman–Crippen LogP) is 4.82. The molecule has 6 heteroatoms. The smallest absolute Gasteiger partial charge is 0.420 e. The van der Waals surface area contributed by atoms with Crippen LogP contribution in [0, 0.1) is 0 Å². The molecule has 1 N–H and O–H groups in total. The highest BCUT2D eigenvalue weighted by Crippen LogP contribution is 2.44. The fourth-order valence-electron chi connectivity index (χ4n) is 2.39. The molecule has 0 radical (unpaired) electrons. The zero-order valence-corrected chi connectivity index (χ0v) is 11.0. The molecule has 0 unspecified atom stereocenters. The highest BCUT2D eigenvalue weighted by Gasteiger charge is 2.40. The molecule has 3 aromatic rings. The number of aromatic carboxylic acids is 1. The zero-order valence-electron chi connectivity index (χ0n) is 11.0. The van der Waals surface area contributed by atoms with E-state index >= 15 is 0 Å². The summed E-state index contributed by atoms with van der Waals surface area (Å²) >= 11 is 0. The van der Waals surface area contributed by atoms with Crippen LogP contribution in [0.5, 0.6) is 0 Å². The van der Waals surface area contributed by atoms with Crippen molar-refractivity contribution >= 4 is 16.9 Å². The van der Waals surface area contributed by atoms with Crippen molar-refractivity contribution in [1.82, 2.24) is 0 Å². The lowest BCUT2D eigenvalue weighted by Crippen LogP contribution is -2.08. The van der Waals surface area contributed by atoms with E-state index in [-0.39, 0.29) is 16.9 Å². The normalized spacial score (nSPS) is 11.8. The van der Waals surface area contributed by atoms with Crippen molar-refractivity contribution in [1.29, 1.82) is 0 Å². The van der Waals surface area contributed by atoms with E-state index in [1.165, 1.54) is 24.3 Å². The molecule has 22 heavy (non-hydrogen) atoms. The van der Waals surface area contributed by atoms with Gasteiger partial charge in [0, 0.05) is 10.9 Å². The van der Waals surface area contributed by atoms with Gasteiger partial charge in [-0.05, 0) is 12.1 Å². The van der Waals surface area contributed by atoms with Crippen LogP contribution in [-0.4, -0.2) is 11.1 Å². The number of rotatable bonds is 2. The molecule has 1 aromatic heterocycles. The highest BCUT2D eigenvalue weighted by molar-refractivity contribution is 6.05. The largest absolute Gasteiger partial charge is 0.478 e. The first-order chi connectivity index (χ1) is 10.4. The summed E-state index contributed by atoms with van der Waals surface area (Å²) in [7, 11) is 0. The molecule has 0 amide bonds. The fraction of sp³-hybridized carbons (Fsp3) is 0.0625. The lowest BCUT2D eigenvalue weighted by atomic mass is 10.0. The summed E-state index contributed by atoms with van der Waals surface area (Å²) in [5, 5.41) is 8.71. The molecular weight excluding hydrogens is 297 g/mol. The van der Waals surface area contributed by atoms with Crippen LogP contribution in [0.2, 0.25) is 0 Å². The molecule has 0 atom stereocenters. The van der Waals surface area contributed by atoms with Crippen LogP contribution in [0.3, 0.4) is 0 Å². The Bertz CT molecular complexity index is 848. The minimum atomic E-state index is -4.73. The van der Waals surface area contributed by atoms with E-state index in [2.05, 4.69) is 0 Å². The summed E-state index contributed by atoms with van der Waals surface area (Å²) in [6.45, 7) is 0. The van der Waals surface area contributed by atoms with Gasteiger partial charge in [0.15, 0.2) is 0 Å². The lowest BCUT2D eigenvalue weighted by molar-refractivity contribution is -0.136. The van der Waals surface area contributed by atoms with Crippen LogP contribution in [0.25, 0.3) is 22.3 Å². The Morgan fingerprint density at radius 2 is 1.68 bits per heavy atom. The van der Waals surface area contributed by atoms with E-state index in [0.29, 0.717) is 0 Å². The summed E-state index contributed by atoms with van der Waals surface area (Å²) in [4.78, 5) is 11.2. The second-order valence-corrected chi connectivity index (χ2v) is 4.65. The van der Waals surface area contributed by atoms with Crippen molar-refractivity contribution in [3.63, 3.8) is 0 Å². The van der Waals surface area contributed by atoms with Crippen LogP contribution in [0.1, 0.15) is 15.9 Å². The van der Waals surface area contributed by atoms with E-state index in [1.807, 2.05) is 0 Å². The minimum Gasteiger partial charge on any atom is -0.478 e. The Hall–Kier alpha value is -2.76. The lowest BCUT2D eigenvalue weighted by Gasteiger charge is -2.08. The average molecular weight is 306 g/mol. The number of fused-ring (bicyclic) bond motifs is 1. The fourth-order valence-corrected chi connectivity index (χ4v) is 2.39. The first kappa shape index (κ1) is 14.2. The van der Waals surface area contributed by atoms with Crippen molar-refractivity contribution in [2.75, 3.05) is 0 Å². The van der Waals surface area contributed by atoms with E-state index in [0.717, 1.165) is 6.07 Å². The standard InChI is InChI=1S/C16H9F3O3/c17-16(18,19)13-12-10(15(20)21)7-4-8-11(12)22-14(13)9-5-2-1-3-6-9/h1-8H,(H,20,21). The third kappa shape index (κ3) is 2.22. The molecule has 0 fully saturated rings. The van der Waals surface area contributed by atoms with Crippen molar-refractivity contribution in [2.45, 2.75) is 6.18 Å². The van der Waals surface area contributed by atoms with Crippen LogP contribution < -0.4 is 0 Å². The summed E-state index contributed by atoms with van der Waals surface area (Å²) in [6.07, 6.45) is -4.73. The molecule has 0 aliphatic rings. The molecule has 1 heterocycles. The van der Waals surface area contributed by atoms with E-state index in [1.54, 1.807) is 18.2 Å². The first-order valence-corrected chi connectivity index (χ1v) is 6.31. The van der Waals surface area contributed by atoms with Gasteiger partial charge in [0.2, 0.25) is 0 Å². The average Bonchev–Trinajstić information content (AvgIpc) is 2.87. The molecule has 0 saturated carbocycles. The predicted molar refractivity (Wildman–Crippen MR) is 73.6 cm³/mol. The van der Waals surface area contributed by atoms with Gasteiger partial charge in [-0.15, -0.1) is 0 Å². The molecule has 0 aliphatic heterocycles. The number of carbonyl (C=O) groups is 1. The van der Waals surface area contributed by atoms with Crippen LogP contribution in [0.15, 0.2) is 52.9 Å². The van der Waals surface area contributed by atoms with E-state index < -0.39 is 28.7 Å². The number of halogens is 3. The number of hydrogen-bond donors (Lipinski definition) is 1. The summed E-state index contributed by atoms with van der Waals surface area (Å²) in [5.74, 6) is -1.81. The molecule has 0 bridgehead atoms. The molecule has 2 aromatic carbocycles. The SMILES string of the molecule is O=C(O)c1cccc2oc(-c3ccccc3)c(C(F)(F)F)c12. The number of carboxylic acids is 1. The molecule has 0 spiro atoms. The third-order valence-corrected chi connectivity index (χ3v) is 3.27. The maximum atomic E-state index is 13.5. The number of hydrogen-bond acceptors (Lipinski definition) is 2. The van der Waals surface area contributed by atoms with Crippen LogP contribution in [-0.2, 0) is 6.18 Å². The van der Waals surface area contributed by atoms with Gasteiger partial charge in [0.05, 0.1) is 5.56 Å². The highest BCUT2D eigenvalue weighted by atomic mass is 19.4. The second-order valence-electron chi connectivity index (χ2n) is 4.65. The molecule has 0 aliphatic carbocycles. The molecule has 3 rings (SSSR count). The van der Waals surface area contributed by atoms with Crippen LogP contribution >= 0.6 is 0 Å². The van der Waals surface area contributed by atoms with E-state index in [9.17, 15) is 18.0 Å². The number of carboxylic acid groups (broad SMARTS) is 1. The Balaban J connectivity index is 2.44. The first-order valence-electron chi connectivity index (χ1n) is 6.31. The maximum Gasteiger partial charge on any atom is 0.420 e. The van der Waals surface area contributed by atoms with Gasteiger partial charge in [0.25, 0.3) is 0 Å². The van der Waals surface area contributed by atoms with E-state index in [4.69, 9.17) is 9.52 Å². The van der Waals surface area contributed by atoms with Crippen LogP contribution in [0.4, 0.5) is 13.2 Å². The Kier molecular flexibility index (Phi) is 3.16. The van der Waals surface area contributed by atoms with Crippen molar-refractivity contribution in [3.05, 3.63) is 59.7 Å². The maximum absolute atomic E-state index is 13.5. The van der Waals surface area contributed by atoms with Gasteiger partial charge in [0.1, 0.15) is 16.9 Å². The van der Waals surface area contributed by atoms with Gasteiger partial charge in [-0.3, -0.25) is 0 Å². The molecule has 3 nitrogen and oxygen atoms in total. The van der Waals surface area contributed by atoms with Gasteiger partial charge >= 0.3 is 12.1 Å². The topological polar surface area (TPSA) is 50.4 Å². The van der Waals surface area contributed by atoms with Crippen molar-refractivity contribution < 1.29 is 27.5 Å². The second kappa shape index (κ2) is 4.91. The minimum absolute atomic E-state index is 0.105. The third-order valence-electron chi connectivity index (χ3n) is 3.27. The Morgan fingerprint density at radius 3 is 2.27 bits per heavy atom. The van der Waals surface area contributed by atoms with Gasteiger partial charge in [-0.2, -0.15) is 13.2 Å². The number of benzene rings is 2. The summed E-state index contributed by atoms with van der Waals surface area (Å²) < 4.78 is 45.8. The molecule has 0 saturated heterocycles. The number of furan rings is 1. The summed E-state index contributed by atoms with van der Waals surface area (Å²) in [6, 6.07) is 11.6. The zero-order chi connectivity index (χ0) is 15.9. The quantitative estimate of drug-likeness (QED) is 0.738. The van der Waals surface area contributed by atoms with Gasteiger partial charge < -0.3 is 9.52 Å². The van der Waals surface area contributed by atoms with Gasteiger partial charge in [-0.25, -0.2) is 4.79 Å². The molecule has 112 valence electrons. The summed E-state index contributed by atoms with van der Waals surface area (Å²) in [5.41, 5.74) is -1.36. The van der Waals surface area contributed by atoms with Crippen molar-refractivity contribution in [2.24, 2.45) is 0 Å². The monoisotopic (exact) mass is 306 g/mol. The van der Waals surface area contributed by atoms with Crippen molar-refractivity contribution in [3.8, 4) is 11.3 Å². The molecular formula is C16H9F3O3. The van der Waals surface area contributed by atoms with Gasteiger partial charge in [-0.1, -0.05) is 36.4 Å². The Morgan fingerprint density at radius 1 is 1.00 bits per heavy atom. The number of alkyl halides is 3.